The first kappa shape index (κ1) is 15.6. The third-order valence-corrected chi connectivity index (χ3v) is 4.18. The number of azide groups is 1. The Balaban J connectivity index is 2.39. The molecule has 0 saturated carbocycles. The van der Waals surface area contributed by atoms with E-state index in [9.17, 15) is 0 Å². The van der Waals surface area contributed by atoms with Gasteiger partial charge in [-0.25, -0.2) is 0 Å². The van der Waals surface area contributed by atoms with E-state index in [1.54, 1.807) is 0 Å². The van der Waals surface area contributed by atoms with E-state index in [0.29, 0.717) is 0 Å². The van der Waals surface area contributed by atoms with Crippen molar-refractivity contribution in [3.8, 4) is 0 Å². The molecule has 1 heterocycles. The van der Waals surface area contributed by atoms with Gasteiger partial charge in [0.25, 0.3) is 0 Å². The van der Waals surface area contributed by atoms with Crippen LogP contribution in [-0.4, -0.2) is 19.3 Å². The van der Waals surface area contributed by atoms with Crippen LogP contribution in [0.4, 0.5) is 0 Å². The summed E-state index contributed by atoms with van der Waals surface area (Å²) in [6, 6.07) is 9.66. The first-order valence-electron chi connectivity index (χ1n) is 7.34. The summed E-state index contributed by atoms with van der Waals surface area (Å²) >= 11 is 0. The fourth-order valence-corrected chi connectivity index (χ4v) is 3.06. The highest BCUT2D eigenvalue weighted by molar-refractivity contribution is 5.32. The molecule has 2 N–H and O–H groups in total. The minimum atomic E-state index is -0.277. The lowest BCUT2D eigenvalue weighted by atomic mass is 9.76. The van der Waals surface area contributed by atoms with E-state index < -0.39 is 0 Å². The number of nitrogens with one attached hydrogen (secondary N) is 2. The molecule has 1 saturated heterocycles. The van der Waals surface area contributed by atoms with Crippen LogP contribution in [0.25, 0.3) is 10.4 Å². The summed E-state index contributed by atoms with van der Waals surface area (Å²) < 4.78 is 0. The van der Waals surface area contributed by atoms with Crippen LogP contribution in [0.2, 0.25) is 0 Å². The van der Waals surface area contributed by atoms with Gasteiger partial charge in [0.15, 0.2) is 0 Å². The largest absolute Gasteiger partial charge is 0.300 e. The Kier molecular flexibility index (Phi) is 5.02. The molecule has 1 aliphatic rings. The molecule has 0 radical (unpaired) electrons. The fourth-order valence-electron chi connectivity index (χ4n) is 3.06. The van der Waals surface area contributed by atoms with E-state index in [1.165, 1.54) is 0 Å². The Bertz CT molecular complexity index is 537. The first-order chi connectivity index (χ1) is 10.1. The molecular weight excluding hydrogens is 262 g/mol. The zero-order valence-corrected chi connectivity index (χ0v) is 12.9. The number of allylic oxidation sites excluding steroid dienone is 1. The molecule has 0 spiro atoms. The predicted octanol–water partition coefficient (Wildman–Crippen LogP) is 3.53. The molecule has 1 atom stereocenters. The van der Waals surface area contributed by atoms with E-state index >= 15 is 0 Å². The third kappa shape index (κ3) is 3.27. The van der Waals surface area contributed by atoms with Crippen molar-refractivity contribution in [3.63, 3.8) is 0 Å². The molecule has 5 heteroatoms. The normalized spacial score (nSPS) is 18.3. The Morgan fingerprint density at radius 3 is 2.48 bits per heavy atom. The van der Waals surface area contributed by atoms with E-state index in [0.717, 1.165) is 24.2 Å². The SMILES string of the molecule is CC=C(C(N=[N+]=[N-])c1ccccc1)C(C)(C)C1NCCN1. The average Bonchev–Trinajstić information content (AvgIpc) is 3.03. The highest BCUT2D eigenvalue weighted by atomic mass is 15.2. The molecule has 1 fully saturated rings. The maximum absolute atomic E-state index is 8.97. The molecule has 0 aliphatic carbocycles. The molecule has 2 rings (SSSR count). The van der Waals surface area contributed by atoms with Crippen molar-refractivity contribution < 1.29 is 0 Å². The third-order valence-electron chi connectivity index (χ3n) is 4.18. The van der Waals surface area contributed by atoms with Crippen molar-refractivity contribution in [1.82, 2.24) is 10.6 Å². The molecule has 0 amide bonds. The second-order valence-corrected chi connectivity index (χ2v) is 5.83. The van der Waals surface area contributed by atoms with Gasteiger partial charge in [-0.15, -0.1) is 0 Å². The Morgan fingerprint density at radius 2 is 1.95 bits per heavy atom. The molecule has 1 unspecified atom stereocenters. The van der Waals surface area contributed by atoms with Crippen LogP contribution in [0.3, 0.4) is 0 Å². The van der Waals surface area contributed by atoms with Crippen LogP contribution in [-0.2, 0) is 0 Å². The van der Waals surface area contributed by atoms with Gasteiger partial charge in [0, 0.05) is 23.4 Å². The molecular formula is C16H23N5. The number of hydrogen-bond donors (Lipinski definition) is 2. The standard InChI is InChI=1S/C16H23N5/c1-4-13(16(2,3)15-18-10-11-19-15)14(20-21-17)12-8-6-5-7-9-12/h4-9,14-15,18-19H,10-11H2,1-3H3. The molecule has 21 heavy (non-hydrogen) atoms. The Morgan fingerprint density at radius 1 is 1.33 bits per heavy atom. The fraction of sp³-hybridized carbons (Fsp3) is 0.500. The highest BCUT2D eigenvalue weighted by Gasteiger charge is 2.37. The maximum Gasteiger partial charge on any atom is 0.0842 e. The number of hydrogen-bond acceptors (Lipinski definition) is 3. The lowest BCUT2D eigenvalue weighted by Gasteiger charge is -2.37. The van der Waals surface area contributed by atoms with Crippen LogP contribution in [0.5, 0.6) is 0 Å². The van der Waals surface area contributed by atoms with Crippen molar-refractivity contribution in [1.29, 1.82) is 0 Å². The van der Waals surface area contributed by atoms with Crippen molar-refractivity contribution >= 4 is 0 Å². The molecule has 112 valence electrons. The summed E-state index contributed by atoms with van der Waals surface area (Å²) in [4.78, 5) is 3.06. The summed E-state index contributed by atoms with van der Waals surface area (Å²) in [6.07, 6.45) is 2.26. The smallest absolute Gasteiger partial charge is 0.0842 e. The van der Waals surface area contributed by atoms with Crippen molar-refractivity contribution in [2.24, 2.45) is 10.5 Å². The second kappa shape index (κ2) is 6.76. The summed E-state index contributed by atoms with van der Waals surface area (Å²) in [5, 5.41) is 11.0. The van der Waals surface area contributed by atoms with Gasteiger partial charge in [0.1, 0.15) is 0 Å². The lowest BCUT2D eigenvalue weighted by molar-refractivity contribution is 0.281. The Labute approximate surface area is 126 Å². The summed E-state index contributed by atoms with van der Waals surface area (Å²) in [5.74, 6) is 0. The van der Waals surface area contributed by atoms with Gasteiger partial charge in [-0.05, 0) is 18.0 Å². The lowest BCUT2D eigenvalue weighted by Crippen LogP contribution is -2.46. The zero-order valence-electron chi connectivity index (χ0n) is 12.9. The minimum Gasteiger partial charge on any atom is -0.300 e. The first-order valence-corrected chi connectivity index (χ1v) is 7.34. The van der Waals surface area contributed by atoms with Crippen molar-refractivity contribution in [3.05, 3.63) is 58.0 Å². The molecule has 1 aliphatic heterocycles. The van der Waals surface area contributed by atoms with E-state index in [4.69, 9.17) is 5.53 Å². The molecule has 1 aromatic rings. The van der Waals surface area contributed by atoms with E-state index in [-0.39, 0.29) is 17.6 Å². The monoisotopic (exact) mass is 285 g/mol. The summed E-state index contributed by atoms with van der Waals surface area (Å²) in [6.45, 7) is 8.29. The van der Waals surface area contributed by atoms with Gasteiger partial charge < -0.3 is 0 Å². The predicted molar refractivity (Wildman–Crippen MR) is 85.7 cm³/mol. The second-order valence-electron chi connectivity index (χ2n) is 5.83. The maximum atomic E-state index is 8.97. The molecule has 1 aromatic carbocycles. The van der Waals surface area contributed by atoms with Crippen LogP contribution in [0.15, 0.2) is 47.1 Å². The molecule has 5 nitrogen and oxygen atoms in total. The summed E-state index contributed by atoms with van der Waals surface area (Å²) in [7, 11) is 0. The van der Waals surface area contributed by atoms with E-state index in [1.807, 2.05) is 37.3 Å². The number of benzene rings is 1. The Hall–Kier alpha value is -1.81. The van der Waals surface area contributed by atoms with Gasteiger partial charge >= 0.3 is 0 Å². The van der Waals surface area contributed by atoms with Crippen LogP contribution in [0, 0.1) is 5.41 Å². The number of nitrogens with zero attached hydrogens (tertiary/aromatic N) is 3. The quantitative estimate of drug-likeness (QED) is 0.376. The average molecular weight is 285 g/mol. The zero-order chi connectivity index (χ0) is 15.3. The molecule has 0 aromatic heterocycles. The van der Waals surface area contributed by atoms with Crippen LogP contribution in [0.1, 0.15) is 32.4 Å². The van der Waals surface area contributed by atoms with Crippen LogP contribution < -0.4 is 10.6 Å². The van der Waals surface area contributed by atoms with Gasteiger partial charge in [-0.2, -0.15) is 0 Å². The van der Waals surface area contributed by atoms with Crippen LogP contribution >= 0.6 is 0 Å². The van der Waals surface area contributed by atoms with Gasteiger partial charge in [-0.1, -0.05) is 60.9 Å². The van der Waals surface area contributed by atoms with Gasteiger partial charge in [0.2, 0.25) is 0 Å². The van der Waals surface area contributed by atoms with Gasteiger partial charge in [-0.3, -0.25) is 10.6 Å². The minimum absolute atomic E-state index is 0.153. The van der Waals surface area contributed by atoms with Crippen molar-refractivity contribution in [2.75, 3.05) is 13.1 Å². The van der Waals surface area contributed by atoms with E-state index in [2.05, 4.69) is 40.6 Å². The van der Waals surface area contributed by atoms with Crippen molar-refractivity contribution in [2.45, 2.75) is 33.0 Å². The topological polar surface area (TPSA) is 72.8 Å². The summed E-state index contributed by atoms with van der Waals surface area (Å²) in [5.41, 5.74) is 11.0. The highest BCUT2D eigenvalue weighted by Crippen LogP contribution is 2.40. The number of rotatable bonds is 5. The molecule has 0 bridgehead atoms. The van der Waals surface area contributed by atoms with Gasteiger partial charge in [0.05, 0.1) is 12.2 Å².